The van der Waals surface area contributed by atoms with E-state index in [1.165, 1.54) is 5.56 Å². The van der Waals surface area contributed by atoms with Gasteiger partial charge in [-0.05, 0) is 17.7 Å². The van der Waals surface area contributed by atoms with Crippen molar-refractivity contribution >= 4 is 27.7 Å². The van der Waals surface area contributed by atoms with Crippen LogP contribution in [0.5, 0.6) is 0 Å². The van der Waals surface area contributed by atoms with E-state index in [0.29, 0.717) is 18.1 Å². The highest BCUT2D eigenvalue weighted by Crippen LogP contribution is 2.25. The number of allylic oxidation sites excluding steroid dienone is 1. The molecule has 0 aliphatic heterocycles. The minimum atomic E-state index is 0.627. The molecule has 3 rings (SSSR count). The van der Waals surface area contributed by atoms with Crippen molar-refractivity contribution in [2.75, 3.05) is 0 Å². The molecule has 0 N–H and O–H groups in total. The molecule has 0 unspecified atom stereocenters. The maximum atomic E-state index is 4.30. The number of benzene rings is 1. The summed E-state index contributed by atoms with van der Waals surface area (Å²) in [6.45, 7) is 4.44. The first-order chi connectivity index (χ1) is 11.3. The Morgan fingerprint density at radius 3 is 2.70 bits per heavy atom. The third-order valence-electron chi connectivity index (χ3n) is 3.10. The summed E-state index contributed by atoms with van der Waals surface area (Å²) in [5.41, 5.74) is 1.93. The van der Waals surface area contributed by atoms with Gasteiger partial charge in [0.15, 0.2) is 11.0 Å². The van der Waals surface area contributed by atoms with Crippen molar-refractivity contribution in [3.8, 4) is 11.5 Å². The fourth-order valence-electron chi connectivity index (χ4n) is 2.02. The smallest absolute Gasteiger partial charge is 0.192 e. The van der Waals surface area contributed by atoms with Crippen molar-refractivity contribution in [3.05, 3.63) is 65.5 Å². The summed E-state index contributed by atoms with van der Waals surface area (Å²) in [5, 5.41) is 9.40. The molecular weight excluding hydrogens is 374 g/mol. The van der Waals surface area contributed by atoms with Crippen LogP contribution in [-0.4, -0.2) is 24.7 Å². The molecule has 1 aromatic carbocycles. The van der Waals surface area contributed by atoms with Crippen LogP contribution < -0.4 is 0 Å². The van der Waals surface area contributed by atoms with Crippen molar-refractivity contribution in [1.82, 2.24) is 24.7 Å². The fourth-order valence-corrected chi connectivity index (χ4v) is 3.19. The minimum absolute atomic E-state index is 0.627. The summed E-state index contributed by atoms with van der Waals surface area (Å²) in [4.78, 5) is 8.39. The van der Waals surface area contributed by atoms with E-state index in [0.717, 1.165) is 15.4 Å². The molecule has 0 spiro atoms. The van der Waals surface area contributed by atoms with Gasteiger partial charge in [-0.2, -0.15) is 0 Å². The van der Waals surface area contributed by atoms with Gasteiger partial charge in [0.05, 0.1) is 6.20 Å². The molecule has 0 bridgehead atoms. The quantitative estimate of drug-likeness (QED) is 0.472. The van der Waals surface area contributed by atoms with Gasteiger partial charge in [0.2, 0.25) is 0 Å². The first kappa shape index (κ1) is 15.9. The predicted octanol–water partition coefficient (Wildman–Crippen LogP) is 3.98. The van der Waals surface area contributed by atoms with Gasteiger partial charge in [0, 0.05) is 29.2 Å². The molecule has 0 aliphatic carbocycles. The molecule has 2 aromatic heterocycles. The molecule has 7 heteroatoms. The molecule has 0 atom stereocenters. The van der Waals surface area contributed by atoms with Crippen LogP contribution in [0.4, 0.5) is 0 Å². The van der Waals surface area contributed by atoms with Crippen LogP contribution in [0.15, 0.2) is 65.1 Å². The summed E-state index contributed by atoms with van der Waals surface area (Å²) in [6.07, 6.45) is 6.80. The molecule has 0 saturated heterocycles. The van der Waals surface area contributed by atoms with Gasteiger partial charge in [-0.25, -0.2) is 4.98 Å². The van der Waals surface area contributed by atoms with Crippen LogP contribution in [0.1, 0.15) is 5.56 Å². The largest absolute Gasteiger partial charge is 0.297 e. The lowest BCUT2D eigenvalue weighted by atomic mass is 10.2. The van der Waals surface area contributed by atoms with Gasteiger partial charge in [-0.3, -0.25) is 9.55 Å². The van der Waals surface area contributed by atoms with Gasteiger partial charge >= 0.3 is 0 Å². The zero-order valence-electron chi connectivity index (χ0n) is 12.3. The normalized spacial score (nSPS) is 10.7. The van der Waals surface area contributed by atoms with E-state index in [2.05, 4.69) is 54.8 Å². The van der Waals surface area contributed by atoms with E-state index in [-0.39, 0.29) is 0 Å². The molecule has 0 radical (unpaired) electrons. The third kappa shape index (κ3) is 3.86. The highest BCUT2D eigenvalue weighted by atomic mass is 79.9. The number of nitrogens with zero attached hydrogens (tertiary/aromatic N) is 5. The zero-order chi connectivity index (χ0) is 16.1. The molecule has 0 fully saturated rings. The van der Waals surface area contributed by atoms with Crippen LogP contribution in [-0.2, 0) is 12.3 Å². The Bertz CT molecular complexity index is 786. The molecule has 2 heterocycles. The lowest BCUT2D eigenvalue weighted by molar-refractivity contribution is 0.729. The lowest BCUT2D eigenvalue weighted by Gasteiger charge is -2.07. The molecule has 0 amide bonds. The Morgan fingerprint density at radius 2 is 2.00 bits per heavy atom. The molecule has 5 nitrogen and oxygen atoms in total. The second-order valence-corrected chi connectivity index (χ2v) is 6.57. The van der Waals surface area contributed by atoms with E-state index < -0.39 is 0 Å². The molecule has 3 aromatic rings. The van der Waals surface area contributed by atoms with Gasteiger partial charge in [-0.1, -0.05) is 45.9 Å². The van der Waals surface area contributed by atoms with Crippen LogP contribution in [0.25, 0.3) is 11.5 Å². The van der Waals surface area contributed by atoms with Crippen molar-refractivity contribution in [3.63, 3.8) is 0 Å². The molecule has 116 valence electrons. The number of aromatic nitrogens is 5. The summed E-state index contributed by atoms with van der Waals surface area (Å²) in [5.74, 6) is 1.53. The van der Waals surface area contributed by atoms with Gasteiger partial charge < -0.3 is 0 Å². The number of halogens is 1. The molecular formula is C16H14BrN5S. The lowest BCUT2D eigenvalue weighted by Crippen LogP contribution is -2.01. The monoisotopic (exact) mass is 387 g/mol. The number of thioether (sulfide) groups is 1. The van der Waals surface area contributed by atoms with Gasteiger partial charge in [0.25, 0.3) is 0 Å². The van der Waals surface area contributed by atoms with Crippen LogP contribution >= 0.6 is 27.7 Å². The van der Waals surface area contributed by atoms with Gasteiger partial charge in [0.1, 0.15) is 5.69 Å². The van der Waals surface area contributed by atoms with Gasteiger partial charge in [-0.15, -0.1) is 16.8 Å². The second kappa shape index (κ2) is 7.52. The van der Waals surface area contributed by atoms with E-state index in [9.17, 15) is 0 Å². The SMILES string of the molecule is C=CCn1c(SCc2ccc(Br)cc2)nnc1-c1cnccn1. The Balaban J connectivity index is 1.83. The standard InChI is InChI=1S/C16H14BrN5S/c1-2-9-22-15(14-10-18-7-8-19-14)20-21-16(22)23-11-12-3-5-13(17)6-4-12/h2-8,10H,1,9,11H2. The Morgan fingerprint density at radius 1 is 1.17 bits per heavy atom. The molecule has 23 heavy (non-hydrogen) atoms. The number of rotatable bonds is 6. The Kier molecular flexibility index (Phi) is 5.19. The predicted molar refractivity (Wildman–Crippen MR) is 94.9 cm³/mol. The fraction of sp³-hybridized carbons (Fsp3) is 0.125. The van der Waals surface area contributed by atoms with Crippen LogP contribution in [0, 0.1) is 0 Å². The first-order valence-corrected chi connectivity index (χ1v) is 8.73. The Labute approximate surface area is 147 Å². The van der Waals surface area contributed by atoms with Crippen molar-refractivity contribution in [2.45, 2.75) is 17.5 Å². The van der Waals surface area contributed by atoms with Crippen LogP contribution in [0.3, 0.4) is 0 Å². The summed E-state index contributed by atoms with van der Waals surface area (Å²) in [7, 11) is 0. The molecule has 0 aliphatic rings. The highest BCUT2D eigenvalue weighted by molar-refractivity contribution is 9.10. The van der Waals surface area contributed by atoms with Crippen LogP contribution in [0.2, 0.25) is 0 Å². The van der Waals surface area contributed by atoms with E-state index in [1.54, 1.807) is 30.4 Å². The molecule has 0 saturated carbocycles. The summed E-state index contributed by atoms with van der Waals surface area (Å²) < 4.78 is 3.08. The first-order valence-electron chi connectivity index (χ1n) is 6.95. The topological polar surface area (TPSA) is 56.5 Å². The van der Waals surface area contributed by atoms with Crippen molar-refractivity contribution < 1.29 is 0 Å². The number of hydrogen-bond acceptors (Lipinski definition) is 5. The minimum Gasteiger partial charge on any atom is -0.297 e. The highest BCUT2D eigenvalue weighted by Gasteiger charge is 2.14. The summed E-state index contributed by atoms with van der Waals surface area (Å²) >= 11 is 5.09. The third-order valence-corrected chi connectivity index (χ3v) is 4.67. The van der Waals surface area contributed by atoms with Crippen molar-refractivity contribution in [2.24, 2.45) is 0 Å². The average Bonchev–Trinajstić information content (AvgIpc) is 2.98. The maximum absolute atomic E-state index is 4.30. The average molecular weight is 388 g/mol. The summed E-state index contributed by atoms with van der Waals surface area (Å²) in [6, 6.07) is 8.26. The van der Waals surface area contributed by atoms with E-state index in [1.807, 2.05) is 22.8 Å². The van der Waals surface area contributed by atoms with Crippen molar-refractivity contribution in [1.29, 1.82) is 0 Å². The maximum Gasteiger partial charge on any atom is 0.192 e. The zero-order valence-corrected chi connectivity index (χ0v) is 14.7. The Hall–Kier alpha value is -1.99. The van der Waals surface area contributed by atoms with E-state index >= 15 is 0 Å². The second-order valence-electron chi connectivity index (χ2n) is 4.71. The number of hydrogen-bond donors (Lipinski definition) is 0. The van der Waals surface area contributed by atoms with E-state index in [4.69, 9.17) is 0 Å².